The largest absolute Gasteiger partial charge is 0.454 e. The summed E-state index contributed by atoms with van der Waals surface area (Å²) in [5.74, 6) is 4.88. The lowest BCUT2D eigenvalue weighted by molar-refractivity contribution is 0.173. The summed E-state index contributed by atoms with van der Waals surface area (Å²) in [6.45, 7) is 16.3. The fourth-order valence-electron chi connectivity index (χ4n) is 8.95. The Morgan fingerprint density at radius 3 is 2.11 bits per heavy atom. The molecule has 270 valence electrons. The van der Waals surface area contributed by atoms with Crippen LogP contribution in [-0.4, -0.2) is 27.1 Å². The molecule has 0 saturated carbocycles. The number of benzene rings is 5. The molecule has 0 amide bonds. The standard InChI is InChI=1S/C44H39BN2O6S/c1-22(2)25-13-31-40-32(14-25)47(41-23(3)12-37-42(24(41)4)53-21-52-37)43-39(28-15-26(44(5,6)7)8-11-38(28)54-43)45(40)29-17-35-36(51-20-50-35)18-30(29)46(31)27-9-10-33-34(16-27)49-19-48-33/h8-18,22H,19-21H2,1-7H3. The van der Waals surface area contributed by atoms with Crippen molar-refractivity contribution in [2.45, 2.75) is 59.8 Å². The van der Waals surface area contributed by atoms with Crippen LogP contribution in [0.5, 0.6) is 34.5 Å². The van der Waals surface area contributed by atoms with Gasteiger partial charge in [-0.3, -0.25) is 0 Å². The predicted molar refractivity (Wildman–Crippen MR) is 216 cm³/mol. The molecule has 0 atom stereocenters. The number of nitrogens with zero attached hydrogens (tertiary/aromatic N) is 2. The van der Waals surface area contributed by atoms with Crippen molar-refractivity contribution in [2.24, 2.45) is 0 Å². The Labute approximate surface area is 318 Å². The van der Waals surface area contributed by atoms with Gasteiger partial charge in [0.25, 0.3) is 6.71 Å². The van der Waals surface area contributed by atoms with Crippen molar-refractivity contribution >= 4 is 78.0 Å². The molecule has 10 heteroatoms. The molecule has 5 aliphatic heterocycles. The summed E-state index contributed by atoms with van der Waals surface area (Å²) in [6.07, 6.45) is 0. The quantitative estimate of drug-likeness (QED) is 0.167. The summed E-state index contributed by atoms with van der Waals surface area (Å²) in [5.41, 5.74) is 13.9. The second-order valence-corrected chi connectivity index (χ2v) is 17.2. The Morgan fingerprint density at radius 1 is 0.667 bits per heavy atom. The second kappa shape index (κ2) is 11.0. The fourth-order valence-corrected chi connectivity index (χ4v) is 10.2. The molecule has 6 heterocycles. The maximum Gasteiger partial charge on any atom is 0.254 e. The van der Waals surface area contributed by atoms with E-state index in [2.05, 4.69) is 119 Å². The van der Waals surface area contributed by atoms with Crippen LogP contribution < -0.4 is 54.6 Å². The number of anilines is 6. The molecule has 0 radical (unpaired) electrons. The molecule has 0 bridgehead atoms. The Morgan fingerprint density at radius 2 is 1.35 bits per heavy atom. The van der Waals surface area contributed by atoms with Gasteiger partial charge in [0.05, 0.1) is 16.4 Å². The second-order valence-electron chi connectivity index (χ2n) is 16.2. The molecular weight excluding hydrogens is 695 g/mol. The summed E-state index contributed by atoms with van der Waals surface area (Å²) in [7, 11) is 0. The fraction of sp³-hybridized carbons (Fsp3) is 0.273. The molecule has 0 fully saturated rings. The SMILES string of the molecule is Cc1cc2c(c(C)c1N1c3cc(C(C)C)cc4c3B(c3cc5c(cc3N4c3ccc4c(c3)OCO4)OCO5)c3c1sc1ccc(C(C)(C)C)cc31)OCO2. The zero-order valence-electron chi connectivity index (χ0n) is 31.4. The Kier molecular flexibility index (Phi) is 6.54. The lowest BCUT2D eigenvalue weighted by Gasteiger charge is -2.44. The van der Waals surface area contributed by atoms with Gasteiger partial charge in [-0.15, -0.1) is 11.3 Å². The first kappa shape index (κ1) is 32.0. The molecule has 0 unspecified atom stereocenters. The van der Waals surface area contributed by atoms with Crippen molar-refractivity contribution in [3.8, 4) is 34.5 Å². The zero-order valence-corrected chi connectivity index (χ0v) is 32.2. The van der Waals surface area contributed by atoms with E-state index in [1.807, 2.05) is 17.4 Å². The molecular formula is C44H39BN2O6S. The normalized spacial score (nSPS) is 15.7. The Hall–Kier alpha value is -5.48. The molecule has 0 aliphatic carbocycles. The van der Waals surface area contributed by atoms with Crippen molar-refractivity contribution in [1.29, 1.82) is 0 Å². The van der Waals surface area contributed by atoms with Gasteiger partial charge in [-0.2, -0.15) is 0 Å². The Balaban J connectivity index is 1.29. The maximum atomic E-state index is 6.14. The number of hydrogen-bond donors (Lipinski definition) is 0. The van der Waals surface area contributed by atoms with Gasteiger partial charge in [0, 0.05) is 39.5 Å². The third-order valence-corrected chi connectivity index (χ3v) is 12.8. The lowest BCUT2D eigenvalue weighted by atomic mass is 9.33. The minimum absolute atomic E-state index is 0.0241. The Bertz CT molecular complexity index is 2630. The van der Waals surface area contributed by atoms with Crippen LogP contribution in [0.3, 0.4) is 0 Å². The van der Waals surface area contributed by atoms with Gasteiger partial charge >= 0.3 is 0 Å². The molecule has 6 aromatic rings. The summed E-state index contributed by atoms with van der Waals surface area (Å²) in [6, 6.07) is 24.6. The van der Waals surface area contributed by atoms with Gasteiger partial charge in [0.15, 0.2) is 34.5 Å². The molecule has 54 heavy (non-hydrogen) atoms. The van der Waals surface area contributed by atoms with E-state index < -0.39 is 0 Å². The van der Waals surface area contributed by atoms with Crippen LogP contribution in [0, 0.1) is 13.8 Å². The molecule has 0 N–H and O–H groups in total. The van der Waals surface area contributed by atoms with Crippen LogP contribution in [0.4, 0.5) is 33.4 Å². The third-order valence-electron chi connectivity index (χ3n) is 11.6. The molecule has 0 spiro atoms. The number of fused-ring (bicyclic) bond motifs is 9. The van der Waals surface area contributed by atoms with Crippen molar-refractivity contribution in [3.63, 3.8) is 0 Å². The van der Waals surface area contributed by atoms with E-state index in [-0.39, 0.29) is 38.4 Å². The van der Waals surface area contributed by atoms with E-state index >= 15 is 0 Å². The average Bonchev–Trinajstić information content (AvgIpc) is 3.96. The minimum atomic E-state index is -0.0872. The van der Waals surface area contributed by atoms with Crippen LogP contribution >= 0.6 is 11.3 Å². The van der Waals surface area contributed by atoms with Gasteiger partial charge in [-0.05, 0) is 106 Å². The van der Waals surface area contributed by atoms with Crippen LogP contribution in [0.2, 0.25) is 0 Å². The number of ether oxygens (including phenoxy) is 6. The summed E-state index contributed by atoms with van der Waals surface area (Å²) in [4.78, 5) is 4.92. The molecule has 11 rings (SSSR count). The highest BCUT2D eigenvalue weighted by Crippen LogP contribution is 2.54. The first-order valence-corrected chi connectivity index (χ1v) is 19.4. The van der Waals surface area contributed by atoms with E-state index in [0.29, 0.717) is 0 Å². The van der Waals surface area contributed by atoms with E-state index in [1.54, 1.807) is 0 Å². The van der Waals surface area contributed by atoms with E-state index in [4.69, 9.17) is 28.4 Å². The monoisotopic (exact) mass is 734 g/mol. The van der Waals surface area contributed by atoms with Crippen molar-refractivity contribution < 1.29 is 28.4 Å². The van der Waals surface area contributed by atoms with Gasteiger partial charge in [0.1, 0.15) is 0 Å². The summed E-state index contributed by atoms with van der Waals surface area (Å²) < 4.78 is 37.3. The topological polar surface area (TPSA) is 61.9 Å². The van der Waals surface area contributed by atoms with E-state index in [1.165, 1.54) is 42.6 Å². The molecule has 5 aliphatic rings. The predicted octanol–water partition coefficient (Wildman–Crippen LogP) is 9.21. The van der Waals surface area contributed by atoms with Crippen LogP contribution in [0.15, 0.2) is 66.7 Å². The smallest absolute Gasteiger partial charge is 0.254 e. The highest BCUT2D eigenvalue weighted by atomic mass is 32.1. The highest BCUT2D eigenvalue weighted by Gasteiger charge is 2.47. The summed E-state index contributed by atoms with van der Waals surface area (Å²) in [5, 5.41) is 2.49. The van der Waals surface area contributed by atoms with Gasteiger partial charge in [-0.25, -0.2) is 0 Å². The minimum Gasteiger partial charge on any atom is -0.454 e. The zero-order chi connectivity index (χ0) is 36.8. The summed E-state index contributed by atoms with van der Waals surface area (Å²) >= 11 is 1.86. The van der Waals surface area contributed by atoms with Crippen molar-refractivity contribution in [1.82, 2.24) is 0 Å². The van der Waals surface area contributed by atoms with E-state index in [0.717, 1.165) is 74.1 Å². The van der Waals surface area contributed by atoms with Crippen LogP contribution in [-0.2, 0) is 5.41 Å². The van der Waals surface area contributed by atoms with E-state index in [9.17, 15) is 0 Å². The van der Waals surface area contributed by atoms with Gasteiger partial charge in [0.2, 0.25) is 20.4 Å². The maximum absolute atomic E-state index is 6.14. The number of rotatable bonds is 3. The number of hydrogen-bond acceptors (Lipinski definition) is 9. The molecule has 0 saturated heterocycles. The van der Waals surface area contributed by atoms with Crippen molar-refractivity contribution in [2.75, 3.05) is 30.2 Å². The molecule has 5 aromatic carbocycles. The average molecular weight is 735 g/mol. The molecule has 1 aromatic heterocycles. The van der Waals surface area contributed by atoms with Crippen LogP contribution in [0.25, 0.3) is 10.1 Å². The number of thiophene rings is 1. The van der Waals surface area contributed by atoms with Gasteiger partial charge < -0.3 is 38.2 Å². The first-order valence-electron chi connectivity index (χ1n) is 18.6. The number of aryl methyl sites for hydroxylation is 1. The lowest BCUT2D eigenvalue weighted by Crippen LogP contribution is -2.61. The molecule has 8 nitrogen and oxygen atoms in total. The van der Waals surface area contributed by atoms with Crippen molar-refractivity contribution in [3.05, 3.63) is 89.0 Å². The third kappa shape index (κ3) is 4.37. The van der Waals surface area contributed by atoms with Gasteiger partial charge in [-0.1, -0.05) is 46.8 Å². The van der Waals surface area contributed by atoms with Crippen LogP contribution in [0.1, 0.15) is 62.8 Å². The highest BCUT2D eigenvalue weighted by molar-refractivity contribution is 7.26. The first-order chi connectivity index (χ1) is 26.0.